The average Bonchev–Trinajstić information content (AvgIpc) is 2.97. The number of hydrogen-bond acceptors (Lipinski definition) is 6. The number of carbonyl (C=O) groups excluding carboxylic acids is 1. The second kappa shape index (κ2) is 10.7. The number of anilines is 1. The molecule has 1 aliphatic heterocycles. The molecule has 0 bridgehead atoms. The van der Waals surface area contributed by atoms with Gasteiger partial charge in [-0.15, -0.1) is 0 Å². The summed E-state index contributed by atoms with van der Waals surface area (Å²) in [5.41, 5.74) is 6.49. The molecule has 5 rings (SSSR count). The molecule has 0 atom stereocenters. The van der Waals surface area contributed by atoms with Crippen molar-refractivity contribution >= 4 is 11.7 Å². The Kier molecular flexibility index (Phi) is 7.20. The van der Waals surface area contributed by atoms with Crippen molar-refractivity contribution < 1.29 is 4.79 Å². The number of nitrogens with zero attached hydrogens (tertiary/aromatic N) is 5. The van der Waals surface area contributed by atoms with Crippen LogP contribution in [0.1, 0.15) is 31.1 Å². The number of nitrogens with one attached hydrogen (secondary N) is 1. The summed E-state index contributed by atoms with van der Waals surface area (Å²) in [5, 5.41) is 3.14. The summed E-state index contributed by atoms with van der Waals surface area (Å²) in [6.45, 7) is 9.99. The Labute approximate surface area is 224 Å². The van der Waals surface area contributed by atoms with Crippen molar-refractivity contribution in [1.82, 2.24) is 24.8 Å². The predicted molar refractivity (Wildman–Crippen MR) is 153 cm³/mol. The maximum absolute atomic E-state index is 13.1. The number of piperazine rings is 1. The Morgan fingerprint density at radius 3 is 2.13 bits per heavy atom. The number of carbonyl (C=O) groups is 1. The van der Waals surface area contributed by atoms with Gasteiger partial charge in [-0.1, -0.05) is 24.3 Å². The fraction of sp³-hybridized carbons (Fsp3) is 0.290. The zero-order valence-electron chi connectivity index (χ0n) is 22.5. The zero-order valence-corrected chi connectivity index (χ0v) is 22.5. The van der Waals surface area contributed by atoms with Crippen molar-refractivity contribution in [3.8, 4) is 33.6 Å². The molecule has 1 amide bonds. The van der Waals surface area contributed by atoms with Crippen LogP contribution in [0.5, 0.6) is 0 Å². The summed E-state index contributed by atoms with van der Waals surface area (Å²) >= 11 is 0. The molecule has 1 aliphatic rings. The first-order valence-corrected chi connectivity index (χ1v) is 13.0. The Hall–Kier alpha value is -4.10. The number of amides is 1. The number of pyridine rings is 3. The quantitative estimate of drug-likeness (QED) is 0.387. The van der Waals surface area contributed by atoms with E-state index in [2.05, 4.69) is 36.0 Å². The van der Waals surface area contributed by atoms with E-state index in [0.717, 1.165) is 71.2 Å². The molecule has 38 heavy (non-hydrogen) atoms. The van der Waals surface area contributed by atoms with E-state index >= 15 is 0 Å². The molecule has 1 aromatic carbocycles. The molecule has 7 nitrogen and oxygen atoms in total. The third kappa shape index (κ3) is 5.58. The monoisotopic (exact) mass is 506 g/mol. The largest absolute Gasteiger partial charge is 0.373 e. The van der Waals surface area contributed by atoms with Crippen LogP contribution >= 0.6 is 0 Å². The molecule has 0 spiro atoms. The van der Waals surface area contributed by atoms with Gasteiger partial charge in [-0.2, -0.15) is 0 Å². The molecule has 0 saturated carbocycles. The topological polar surface area (TPSA) is 74.2 Å². The molecular formula is C31H34N6O. The number of aromatic nitrogens is 3. The minimum Gasteiger partial charge on any atom is -0.373 e. The lowest BCUT2D eigenvalue weighted by Crippen LogP contribution is -2.54. The van der Waals surface area contributed by atoms with Gasteiger partial charge in [0.15, 0.2) is 0 Å². The van der Waals surface area contributed by atoms with Crippen molar-refractivity contribution in [2.75, 3.05) is 38.5 Å². The van der Waals surface area contributed by atoms with E-state index in [-0.39, 0.29) is 11.4 Å². The molecule has 4 heterocycles. The van der Waals surface area contributed by atoms with Gasteiger partial charge in [-0.05, 0) is 68.3 Å². The SMILES string of the molecule is CNc1cc(-c2cccnc2)cc(-c2ccc(-c3ccc(C(=O)N4CCN(C(C)(C)C)CC4)cc3)cn2)n1. The molecule has 1 saturated heterocycles. The Morgan fingerprint density at radius 2 is 1.53 bits per heavy atom. The third-order valence-corrected chi connectivity index (χ3v) is 7.08. The smallest absolute Gasteiger partial charge is 0.253 e. The van der Waals surface area contributed by atoms with Crippen LogP contribution in [0, 0.1) is 0 Å². The third-order valence-electron chi connectivity index (χ3n) is 7.08. The van der Waals surface area contributed by atoms with Gasteiger partial charge < -0.3 is 10.2 Å². The van der Waals surface area contributed by atoms with E-state index in [1.807, 2.05) is 85.0 Å². The molecule has 194 valence electrons. The van der Waals surface area contributed by atoms with Crippen LogP contribution in [-0.4, -0.2) is 69.4 Å². The average molecular weight is 507 g/mol. The second-order valence-electron chi connectivity index (χ2n) is 10.6. The Bertz CT molecular complexity index is 1390. The summed E-state index contributed by atoms with van der Waals surface area (Å²) in [5.74, 6) is 0.866. The molecule has 4 aromatic rings. The summed E-state index contributed by atoms with van der Waals surface area (Å²) in [6.07, 6.45) is 5.46. The van der Waals surface area contributed by atoms with E-state index in [1.54, 1.807) is 6.20 Å². The van der Waals surface area contributed by atoms with Crippen LogP contribution in [-0.2, 0) is 0 Å². The summed E-state index contributed by atoms with van der Waals surface area (Å²) < 4.78 is 0. The van der Waals surface area contributed by atoms with Crippen LogP contribution in [0.2, 0.25) is 0 Å². The van der Waals surface area contributed by atoms with Crippen molar-refractivity contribution in [2.45, 2.75) is 26.3 Å². The second-order valence-corrected chi connectivity index (χ2v) is 10.6. The number of rotatable bonds is 5. The predicted octanol–water partition coefficient (Wildman–Crippen LogP) is 5.47. The van der Waals surface area contributed by atoms with Gasteiger partial charge in [0.05, 0.1) is 11.4 Å². The highest BCUT2D eigenvalue weighted by molar-refractivity contribution is 5.94. The fourth-order valence-corrected chi connectivity index (χ4v) is 4.77. The minimum atomic E-state index is 0.0958. The zero-order chi connectivity index (χ0) is 26.7. The van der Waals surface area contributed by atoms with Crippen molar-refractivity contribution in [3.63, 3.8) is 0 Å². The Balaban J connectivity index is 1.30. The molecule has 3 aromatic heterocycles. The van der Waals surface area contributed by atoms with E-state index in [1.165, 1.54) is 0 Å². The number of hydrogen-bond donors (Lipinski definition) is 1. The van der Waals surface area contributed by atoms with E-state index in [4.69, 9.17) is 9.97 Å². The van der Waals surface area contributed by atoms with Crippen molar-refractivity contribution in [1.29, 1.82) is 0 Å². The maximum Gasteiger partial charge on any atom is 0.253 e. The van der Waals surface area contributed by atoms with E-state index in [9.17, 15) is 4.79 Å². The minimum absolute atomic E-state index is 0.0958. The molecule has 0 unspecified atom stereocenters. The fourth-order valence-electron chi connectivity index (χ4n) is 4.77. The highest BCUT2D eigenvalue weighted by Crippen LogP contribution is 2.28. The summed E-state index contributed by atoms with van der Waals surface area (Å²) in [7, 11) is 1.86. The molecule has 0 radical (unpaired) electrons. The molecule has 7 heteroatoms. The van der Waals surface area contributed by atoms with Gasteiger partial charge in [0, 0.05) is 74.0 Å². The van der Waals surface area contributed by atoms with Crippen LogP contribution < -0.4 is 5.32 Å². The van der Waals surface area contributed by atoms with Gasteiger partial charge in [-0.3, -0.25) is 19.7 Å². The van der Waals surface area contributed by atoms with Crippen LogP contribution in [0.25, 0.3) is 33.6 Å². The lowest BCUT2D eigenvalue weighted by Gasteiger charge is -2.42. The van der Waals surface area contributed by atoms with E-state index < -0.39 is 0 Å². The molecule has 1 fully saturated rings. The number of benzene rings is 1. The first-order valence-electron chi connectivity index (χ1n) is 13.0. The Morgan fingerprint density at radius 1 is 0.816 bits per heavy atom. The normalized spacial score (nSPS) is 14.4. The summed E-state index contributed by atoms with van der Waals surface area (Å²) in [6, 6.07) is 19.8. The van der Waals surface area contributed by atoms with Crippen molar-refractivity contribution in [2.24, 2.45) is 0 Å². The first kappa shape index (κ1) is 25.5. The van der Waals surface area contributed by atoms with Gasteiger partial charge in [0.25, 0.3) is 5.91 Å². The highest BCUT2D eigenvalue weighted by Gasteiger charge is 2.28. The standard InChI is InChI=1S/C31H34N6O/c1-31(2,3)37-16-14-36(15-17-37)30(38)23-9-7-22(8-10-23)25-11-12-27(34-21-25)28-18-26(19-29(32-4)35-28)24-6-5-13-33-20-24/h5-13,18-21H,14-17H2,1-4H3,(H,32,35). The first-order chi connectivity index (χ1) is 18.3. The lowest BCUT2D eigenvalue weighted by molar-refractivity contribution is 0.0451. The van der Waals surface area contributed by atoms with Gasteiger partial charge in [0.1, 0.15) is 5.82 Å². The summed E-state index contributed by atoms with van der Waals surface area (Å²) in [4.78, 5) is 31.1. The highest BCUT2D eigenvalue weighted by atomic mass is 16.2. The maximum atomic E-state index is 13.1. The van der Waals surface area contributed by atoms with Crippen LogP contribution in [0.4, 0.5) is 5.82 Å². The van der Waals surface area contributed by atoms with Gasteiger partial charge in [0.2, 0.25) is 0 Å². The lowest BCUT2D eigenvalue weighted by atomic mass is 10.0. The van der Waals surface area contributed by atoms with Crippen LogP contribution in [0.3, 0.4) is 0 Å². The molecular weight excluding hydrogens is 472 g/mol. The molecule has 1 N–H and O–H groups in total. The van der Waals surface area contributed by atoms with Crippen molar-refractivity contribution in [3.05, 3.63) is 84.8 Å². The molecule has 0 aliphatic carbocycles. The van der Waals surface area contributed by atoms with Gasteiger partial charge >= 0.3 is 0 Å². The van der Waals surface area contributed by atoms with E-state index in [0.29, 0.717) is 0 Å². The van der Waals surface area contributed by atoms with Gasteiger partial charge in [-0.25, -0.2) is 4.98 Å². The van der Waals surface area contributed by atoms with Crippen LogP contribution in [0.15, 0.2) is 79.3 Å².